The Morgan fingerprint density at radius 2 is 2.12 bits per heavy atom. The van der Waals surface area contributed by atoms with Crippen molar-refractivity contribution in [2.75, 3.05) is 44.7 Å². The molecule has 0 unspecified atom stereocenters. The standard InChI is InChI=1S/C12H16BrFN2O/c13-10-2-1-3-11(14)12(10)15-4-5-16-6-8-17-9-7-16/h1-3,15H,4-9H2. The fraction of sp³-hybridized carbons (Fsp3) is 0.500. The molecule has 1 aliphatic heterocycles. The second-order valence-corrected chi connectivity index (χ2v) is 4.83. The Hall–Kier alpha value is -0.650. The van der Waals surface area contributed by atoms with Crippen molar-refractivity contribution in [2.24, 2.45) is 0 Å². The van der Waals surface area contributed by atoms with Crippen molar-refractivity contribution in [1.29, 1.82) is 0 Å². The normalized spacial score (nSPS) is 17.1. The van der Waals surface area contributed by atoms with Gasteiger partial charge in [-0.05, 0) is 28.1 Å². The van der Waals surface area contributed by atoms with Crippen LogP contribution in [0.4, 0.5) is 10.1 Å². The third kappa shape index (κ3) is 3.66. The zero-order chi connectivity index (χ0) is 12.1. The summed E-state index contributed by atoms with van der Waals surface area (Å²) in [6.45, 7) is 5.15. The highest BCUT2D eigenvalue weighted by atomic mass is 79.9. The first-order valence-electron chi connectivity index (χ1n) is 5.75. The monoisotopic (exact) mass is 302 g/mol. The molecule has 1 fully saturated rings. The van der Waals surface area contributed by atoms with E-state index in [0.717, 1.165) is 43.9 Å². The summed E-state index contributed by atoms with van der Waals surface area (Å²) in [6, 6.07) is 4.98. The number of halogens is 2. The lowest BCUT2D eigenvalue weighted by Crippen LogP contribution is -2.39. The van der Waals surface area contributed by atoms with Crippen LogP contribution in [0.15, 0.2) is 22.7 Å². The fourth-order valence-corrected chi connectivity index (χ4v) is 2.31. The van der Waals surface area contributed by atoms with E-state index in [1.807, 2.05) is 6.07 Å². The lowest BCUT2D eigenvalue weighted by molar-refractivity contribution is 0.0398. The molecule has 1 saturated heterocycles. The summed E-state index contributed by atoms with van der Waals surface area (Å²) in [5.74, 6) is -0.221. The predicted octanol–water partition coefficient (Wildman–Crippen LogP) is 2.33. The van der Waals surface area contributed by atoms with Gasteiger partial charge in [-0.15, -0.1) is 0 Å². The van der Waals surface area contributed by atoms with Crippen molar-refractivity contribution in [2.45, 2.75) is 0 Å². The quantitative estimate of drug-likeness (QED) is 0.924. The highest BCUT2D eigenvalue weighted by Gasteiger charge is 2.10. The van der Waals surface area contributed by atoms with Crippen LogP contribution in [0.25, 0.3) is 0 Å². The number of hydrogen-bond donors (Lipinski definition) is 1. The minimum atomic E-state index is -0.221. The molecule has 2 rings (SSSR count). The average molecular weight is 303 g/mol. The van der Waals surface area contributed by atoms with Crippen LogP contribution in [0.5, 0.6) is 0 Å². The number of benzene rings is 1. The molecule has 0 radical (unpaired) electrons. The summed E-state index contributed by atoms with van der Waals surface area (Å²) >= 11 is 3.34. The molecule has 0 atom stereocenters. The predicted molar refractivity (Wildman–Crippen MR) is 69.8 cm³/mol. The third-order valence-corrected chi connectivity index (χ3v) is 3.46. The molecule has 5 heteroatoms. The molecule has 0 amide bonds. The number of hydrogen-bond acceptors (Lipinski definition) is 3. The zero-order valence-corrected chi connectivity index (χ0v) is 11.2. The van der Waals surface area contributed by atoms with Crippen molar-refractivity contribution in [3.63, 3.8) is 0 Å². The topological polar surface area (TPSA) is 24.5 Å². The Bertz CT molecular complexity index is 349. The van der Waals surface area contributed by atoms with E-state index in [1.165, 1.54) is 6.07 Å². The van der Waals surface area contributed by atoms with Crippen LogP contribution in [-0.4, -0.2) is 44.3 Å². The van der Waals surface area contributed by atoms with Gasteiger partial charge in [0.25, 0.3) is 0 Å². The Morgan fingerprint density at radius 1 is 1.35 bits per heavy atom. The number of nitrogens with zero attached hydrogens (tertiary/aromatic N) is 1. The first-order chi connectivity index (χ1) is 8.27. The molecule has 0 spiro atoms. The second kappa shape index (κ2) is 6.33. The number of para-hydroxylation sites is 1. The van der Waals surface area contributed by atoms with Crippen LogP contribution in [0.2, 0.25) is 0 Å². The van der Waals surface area contributed by atoms with Crippen LogP contribution in [-0.2, 0) is 4.74 Å². The molecule has 1 heterocycles. The molecular weight excluding hydrogens is 287 g/mol. The Labute approximate surface area is 109 Å². The van der Waals surface area contributed by atoms with Gasteiger partial charge < -0.3 is 10.1 Å². The molecule has 0 saturated carbocycles. The van der Waals surface area contributed by atoms with E-state index in [9.17, 15) is 4.39 Å². The van der Waals surface area contributed by atoms with Crippen molar-refractivity contribution in [1.82, 2.24) is 4.90 Å². The van der Waals surface area contributed by atoms with Gasteiger partial charge in [0.2, 0.25) is 0 Å². The largest absolute Gasteiger partial charge is 0.380 e. The SMILES string of the molecule is Fc1cccc(Br)c1NCCN1CCOCC1. The maximum atomic E-state index is 13.5. The van der Waals surface area contributed by atoms with Crippen molar-refractivity contribution in [3.8, 4) is 0 Å². The molecule has 1 N–H and O–H groups in total. The smallest absolute Gasteiger partial charge is 0.147 e. The van der Waals surface area contributed by atoms with Crippen LogP contribution in [0, 0.1) is 5.82 Å². The summed E-state index contributed by atoms with van der Waals surface area (Å²) in [4.78, 5) is 2.31. The minimum Gasteiger partial charge on any atom is -0.380 e. The van der Waals surface area contributed by atoms with E-state index in [4.69, 9.17) is 4.74 Å². The van der Waals surface area contributed by atoms with E-state index in [0.29, 0.717) is 5.69 Å². The molecule has 0 aromatic heterocycles. The molecule has 1 aromatic carbocycles. The third-order valence-electron chi connectivity index (χ3n) is 2.80. The fourth-order valence-electron chi connectivity index (χ4n) is 1.83. The summed E-state index contributed by atoms with van der Waals surface area (Å²) in [5.41, 5.74) is 0.542. The molecule has 1 aromatic rings. The van der Waals surface area contributed by atoms with E-state index < -0.39 is 0 Å². The van der Waals surface area contributed by atoms with Gasteiger partial charge in [-0.3, -0.25) is 4.90 Å². The number of ether oxygens (including phenoxy) is 1. The van der Waals surface area contributed by atoms with Gasteiger partial charge in [0, 0.05) is 30.7 Å². The van der Waals surface area contributed by atoms with Crippen LogP contribution < -0.4 is 5.32 Å². The Morgan fingerprint density at radius 3 is 2.82 bits per heavy atom. The van der Waals surface area contributed by atoms with Gasteiger partial charge in [-0.2, -0.15) is 0 Å². The van der Waals surface area contributed by atoms with E-state index in [1.54, 1.807) is 6.07 Å². The number of morpholine rings is 1. The minimum absolute atomic E-state index is 0.221. The zero-order valence-electron chi connectivity index (χ0n) is 9.59. The maximum Gasteiger partial charge on any atom is 0.147 e. The van der Waals surface area contributed by atoms with Gasteiger partial charge in [0.1, 0.15) is 5.82 Å². The van der Waals surface area contributed by atoms with E-state index >= 15 is 0 Å². The lowest BCUT2D eigenvalue weighted by Gasteiger charge is -2.26. The summed E-state index contributed by atoms with van der Waals surface area (Å²) in [6.07, 6.45) is 0. The van der Waals surface area contributed by atoms with Crippen LogP contribution >= 0.6 is 15.9 Å². The van der Waals surface area contributed by atoms with Gasteiger partial charge in [0.15, 0.2) is 0 Å². The molecule has 17 heavy (non-hydrogen) atoms. The lowest BCUT2D eigenvalue weighted by atomic mass is 10.3. The first kappa shape index (κ1) is 12.8. The molecule has 3 nitrogen and oxygen atoms in total. The number of rotatable bonds is 4. The highest BCUT2D eigenvalue weighted by molar-refractivity contribution is 9.10. The molecule has 1 aliphatic rings. The van der Waals surface area contributed by atoms with Crippen molar-refractivity contribution in [3.05, 3.63) is 28.5 Å². The summed E-state index contributed by atoms with van der Waals surface area (Å²) in [7, 11) is 0. The van der Waals surface area contributed by atoms with Gasteiger partial charge in [-0.25, -0.2) is 4.39 Å². The average Bonchev–Trinajstić information content (AvgIpc) is 2.34. The van der Waals surface area contributed by atoms with Crippen molar-refractivity contribution >= 4 is 21.6 Å². The maximum absolute atomic E-state index is 13.5. The van der Waals surface area contributed by atoms with Crippen LogP contribution in [0.3, 0.4) is 0 Å². The molecular formula is C12H16BrFN2O. The summed E-state index contributed by atoms with van der Waals surface area (Å²) in [5, 5.41) is 3.12. The number of anilines is 1. The Balaban J connectivity index is 1.81. The molecule has 94 valence electrons. The van der Waals surface area contributed by atoms with Gasteiger partial charge in [0.05, 0.1) is 18.9 Å². The first-order valence-corrected chi connectivity index (χ1v) is 6.54. The van der Waals surface area contributed by atoms with Gasteiger partial charge >= 0.3 is 0 Å². The van der Waals surface area contributed by atoms with E-state index in [-0.39, 0.29) is 5.82 Å². The molecule has 0 aliphatic carbocycles. The van der Waals surface area contributed by atoms with Crippen molar-refractivity contribution < 1.29 is 9.13 Å². The number of nitrogens with one attached hydrogen (secondary N) is 1. The Kier molecular flexibility index (Phi) is 4.76. The van der Waals surface area contributed by atoms with E-state index in [2.05, 4.69) is 26.1 Å². The second-order valence-electron chi connectivity index (χ2n) is 3.98. The molecule has 0 bridgehead atoms. The van der Waals surface area contributed by atoms with Crippen LogP contribution in [0.1, 0.15) is 0 Å². The summed E-state index contributed by atoms with van der Waals surface area (Å²) < 4.78 is 19.5. The highest BCUT2D eigenvalue weighted by Crippen LogP contribution is 2.24. The van der Waals surface area contributed by atoms with Gasteiger partial charge in [-0.1, -0.05) is 6.07 Å².